The number of hydrogen-bond donors (Lipinski definition) is 2. The number of carbonyl (C=O) groups is 1. The summed E-state index contributed by atoms with van der Waals surface area (Å²) in [5.41, 5.74) is -1.14. The monoisotopic (exact) mass is 282 g/mol. The number of carbonyl (C=O) groups excluding carboxylic acids is 1. The van der Waals surface area contributed by atoms with Crippen LogP contribution in [0.2, 0.25) is 0 Å². The van der Waals surface area contributed by atoms with Gasteiger partial charge in [0, 0.05) is 6.42 Å². The van der Waals surface area contributed by atoms with Gasteiger partial charge in [0.2, 0.25) is 16.4 Å². The lowest BCUT2D eigenvalue weighted by molar-refractivity contribution is -0.122. The second kappa shape index (κ2) is 4.41. The summed E-state index contributed by atoms with van der Waals surface area (Å²) in [7, 11) is -2.14. The highest BCUT2D eigenvalue weighted by Crippen LogP contribution is 2.47. The second-order valence-corrected chi connectivity index (χ2v) is 6.89. The number of hydrogen-bond acceptors (Lipinski definition) is 4. The van der Waals surface area contributed by atoms with Gasteiger partial charge in [0.05, 0.1) is 5.25 Å². The molecule has 1 amide bonds. The van der Waals surface area contributed by atoms with E-state index in [1.54, 1.807) is 0 Å². The average molecular weight is 282 g/mol. The van der Waals surface area contributed by atoms with Crippen molar-refractivity contribution < 1.29 is 22.0 Å². The van der Waals surface area contributed by atoms with E-state index in [-0.39, 0.29) is 6.42 Å². The third kappa shape index (κ3) is 2.49. The van der Waals surface area contributed by atoms with E-state index in [0.29, 0.717) is 12.8 Å². The van der Waals surface area contributed by atoms with Crippen LogP contribution in [0.1, 0.15) is 25.7 Å². The minimum Gasteiger partial charge on any atom is -0.306 e. The fraction of sp³-hybridized carbons (Fsp3) is 0.900. The van der Waals surface area contributed by atoms with Crippen molar-refractivity contribution in [3.8, 4) is 0 Å². The largest absolute Gasteiger partial charge is 0.306 e. The Kier molecular flexibility index (Phi) is 3.35. The molecule has 2 rings (SSSR count). The summed E-state index contributed by atoms with van der Waals surface area (Å²) in [6.07, 6.45) is -1.53. The van der Waals surface area contributed by atoms with Crippen LogP contribution in [0.3, 0.4) is 0 Å². The zero-order valence-electron chi connectivity index (χ0n) is 9.95. The molecule has 2 aliphatic carbocycles. The number of halogens is 2. The van der Waals surface area contributed by atoms with Crippen LogP contribution in [-0.4, -0.2) is 38.6 Å². The van der Waals surface area contributed by atoms with Gasteiger partial charge in [-0.25, -0.2) is 17.2 Å². The number of likely N-dealkylation sites (N-methyl/N-ethyl adjacent to an activating group) is 1. The van der Waals surface area contributed by atoms with E-state index in [9.17, 15) is 22.0 Å². The van der Waals surface area contributed by atoms with E-state index in [2.05, 4.69) is 5.32 Å². The third-order valence-electron chi connectivity index (χ3n) is 3.62. The number of sulfonamides is 1. The molecule has 104 valence electrons. The minimum absolute atomic E-state index is 0.250. The van der Waals surface area contributed by atoms with Crippen LogP contribution < -0.4 is 10.0 Å². The third-order valence-corrected chi connectivity index (χ3v) is 5.44. The fourth-order valence-electron chi connectivity index (χ4n) is 2.21. The summed E-state index contributed by atoms with van der Waals surface area (Å²) in [6, 6.07) is 0. The first-order valence-electron chi connectivity index (χ1n) is 5.85. The number of alkyl halides is 2. The van der Waals surface area contributed by atoms with Gasteiger partial charge in [0.1, 0.15) is 5.54 Å². The van der Waals surface area contributed by atoms with Crippen LogP contribution in [0.4, 0.5) is 8.78 Å². The normalized spacial score (nSPS) is 31.4. The Labute approximate surface area is 104 Å². The Bertz CT molecular complexity index is 450. The van der Waals surface area contributed by atoms with Crippen molar-refractivity contribution in [2.75, 3.05) is 7.05 Å². The van der Waals surface area contributed by atoms with Crippen LogP contribution in [-0.2, 0) is 14.8 Å². The van der Waals surface area contributed by atoms with E-state index in [0.717, 1.165) is 0 Å². The molecular formula is C10H16F2N2O3S. The van der Waals surface area contributed by atoms with Crippen molar-refractivity contribution in [3.05, 3.63) is 0 Å². The maximum atomic E-state index is 12.3. The molecule has 2 atom stereocenters. The van der Waals surface area contributed by atoms with Crippen molar-refractivity contribution in [1.29, 1.82) is 0 Å². The smallest absolute Gasteiger partial charge is 0.254 e. The predicted molar refractivity (Wildman–Crippen MR) is 60.6 cm³/mol. The molecule has 0 aliphatic heterocycles. The maximum absolute atomic E-state index is 12.3. The second-order valence-electron chi connectivity index (χ2n) is 4.92. The number of amides is 1. The van der Waals surface area contributed by atoms with Crippen LogP contribution in [0.25, 0.3) is 0 Å². The van der Waals surface area contributed by atoms with Crippen LogP contribution in [0.5, 0.6) is 0 Å². The van der Waals surface area contributed by atoms with Gasteiger partial charge in [-0.2, -0.15) is 0 Å². The van der Waals surface area contributed by atoms with Gasteiger partial charge in [-0.05, 0) is 32.2 Å². The zero-order chi connectivity index (χ0) is 13.6. The summed E-state index contributed by atoms with van der Waals surface area (Å²) in [6.45, 7) is 0. The Morgan fingerprint density at radius 2 is 2.06 bits per heavy atom. The topological polar surface area (TPSA) is 75.3 Å². The van der Waals surface area contributed by atoms with Gasteiger partial charge >= 0.3 is 0 Å². The van der Waals surface area contributed by atoms with E-state index >= 15 is 0 Å². The van der Waals surface area contributed by atoms with Crippen LogP contribution >= 0.6 is 0 Å². The molecule has 2 saturated carbocycles. The van der Waals surface area contributed by atoms with E-state index in [1.807, 2.05) is 4.72 Å². The highest BCUT2D eigenvalue weighted by molar-refractivity contribution is 7.90. The number of nitrogens with one attached hydrogen (secondary N) is 2. The van der Waals surface area contributed by atoms with Gasteiger partial charge in [0.15, 0.2) is 0 Å². The first-order valence-corrected chi connectivity index (χ1v) is 7.39. The Morgan fingerprint density at radius 3 is 2.50 bits per heavy atom. The first-order chi connectivity index (χ1) is 8.32. The lowest BCUT2D eigenvalue weighted by atomic mass is 10.1. The lowest BCUT2D eigenvalue weighted by Crippen LogP contribution is -2.49. The molecule has 0 aromatic carbocycles. The molecule has 2 N–H and O–H groups in total. The fourth-order valence-corrected chi connectivity index (χ4v) is 3.57. The average Bonchev–Trinajstić information content (AvgIpc) is 3.11. The minimum atomic E-state index is -3.62. The van der Waals surface area contributed by atoms with Gasteiger partial charge in [-0.1, -0.05) is 0 Å². The van der Waals surface area contributed by atoms with Gasteiger partial charge in [-0.3, -0.25) is 9.52 Å². The molecule has 0 aromatic rings. The standard InChI is InChI=1S/C10H16F2N2O3S/c1-13-10(5-6(10)4-8(11)12)9(15)14-18(16,17)7-2-3-7/h6-8,13H,2-5H2,1H3,(H,14,15)/t6-,10-/m1/s1. The molecule has 0 heterocycles. The predicted octanol–water partition coefficient (Wildman–Crippen LogP) is 0.228. The summed E-state index contributed by atoms with van der Waals surface area (Å²) in [5.74, 6) is -1.21. The van der Waals surface area contributed by atoms with Crippen molar-refractivity contribution in [3.63, 3.8) is 0 Å². The van der Waals surface area contributed by atoms with Gasteiger partial charge in [0.25, 0.3) is 5.91 Å². The summed E-state index contributed by atoms with van der Waals surface area (Å²) in [5, 5.41) is 2.18. The molecule has 0 unspecified atom stereocenters. The van der Waals surface area contributed by atoms with Crippen molar-refractivity contribution >= 4 is 15.9 Å². The van der Waals surface area contributed by atoms with Gasteiger partial charge in [-0.15, -0.1) is 0 Å². The van der Waals surface area contributed by atoms with E-state index in [4.69, 9.17) is 0 Å². The summed E-state index contributed by atoms with van der Waals surface area (Å²) >= 11 is 0. The molecule has 0 aromatic heterocycles. The van der Waals surface area contributed by atoms with Crippen molar-refractivity contribution in [2.45, 2.75) is 42.9 Å². The molecule has 5 nitrogen and oxygen atoms in total. The molecule has 0 spiro atoms. The molecule has 0 saturated heterocycles. The SMILES string of the molecule is CN[C@]1(C(=O)NS(=O)(=O)C2CC2)C[C@H]1CC(F)F. The summed E-state index contributed by atoms with van der Waals surface area (Å²) < 4.78 is 49.8. The number of rotatable bonds is 6. The first kappa shape index (κ1) is 13.7. The molecule has 2 aliphatic rings. The zero-order valence-corrected chi connectivity index (χ0v) is 10.8. The highest BCUT2D eigenvalue weighted by Gasteiger charge is 2.60. The van der Waals surface area contributed by atoms with E-state index in [1.165, 1.54) is 7.05 Å². The quantitative estimate of drug-likeness (QED) is 0.731. The lowest BCUT2D eigenvalue weighted by Gasteiger charge is -2.16. The van der Waals surface area contributed by atoms with Crippen molar-refractivity contribution in [2.24, 2.45) is 5.92 Å². The van der Waals surface area contributed by atoms with E-state index < -0.39 is 45.5 Å². The van der Waals surface area contributed by atoms with Crippen LogP contribution in [0, 0.1) is 5.92 Å². The summed E-state index contributed by atoms with van der Waals surface area (Å²) in [4.78, 5) is 11.9. The Morgan fingerprint density at radius 1 is 1.44 bits per heavy atom. The highest BCUT2D eigenvalue weighted by atomic mass is 32.2. The molecular weight excluding hydrogens is 266 g/mol. The van der Waals surface area contributed by atoms with Gasteiger partial charge < -0.3 is 5.32 Å². The van der Waals surface area contributed by atoms with Crippen LogP contribution in [0.15, 0.2) is 0 Å². The maximum Gasteiger partial charge on any atom is 0.254 e. The Balaban J connectivity index is 1.99. The molecule has 2 fully saturated rings. The molecule has 8 heteroatoms. The molecule has 0 radical (unpaired) electrons. The Hall–Kier alpha value is -0.760. The van der Waals surface area contributed by atoms with Crippen molar-refractivity contribution in [1.82, 2.24) is 10.0 Å². The molecule has 0 bridgehead atoms. The molecule has 18 heavy (non-hydrogen) atoms.